The molecular formula is C29H25ClN2O6S. The number of anilines is 2. The molecule has 0 spiro atoms. The first-order valence-corrected chi connectivity index (χ1v) is 13.0. The molecule has 0 saturated carbocycles. The van der Waals surface area contributed by atoms with Crippen LogP contribution in [0.1, 0.15) is 27.6 Å². The Hall–Kier alpha value is -4.21. The van der Waals surface area contributed by atoms with Gasteiger partial charge < -0.3 is 25.2 Å². The fourth-order valence-electron chi connectivity index (χ4n) is 3.97. The minimum atomic E-state index is -1.10. The van der Waals surface area contributed by atoms with Gasteiger partial charge in [-0.05, 0) is 54.8 Å². The zero-order valence-corrected chi connectivity index (χ0v) is 22.9. The first-order chi connectivity index (χ1) is 18.7. The molecule has 1 unspecified atom stereocenters. The number of hydrogen-bond donors (Lipinski definition) is 3. The third-order valence-electron chi connectivity index (χ3n) is 5.91. The zero-order chi connectivity index (χ0) is 28.1. The van der Waals surface area contributed by atoms with Gasteiger partial charge in [-0.2, -0.15) is 0 Å². The van der Waals surface area contributed by atoms with Crippen molar-refractivity contribution < 1.29 is 29.0 Å². The molecule has 4 aromatic carbocycles. The SMILES string of the molecule is COc1cc(OC)c(NC(=O)C(C)Sc2ccc(NC(=O)c3cccc4cccc(C(=O)O)c34)cc2)cc1Cl. The lowest BCUT2D eigenvalue weighted by Gasteiger charge is -2.16. The van der Waals surface area contributed by atoms with E-state index in [4.69, 9.17) is 21.1 Å². The topological polar surface area (TPSA) is 114 Å². The molecule has 0 aliphatic carbocycles. The molecule has 1 atom stereocenters. The summed E-state index contributed by atoms with van der Waals surface area (Å²) in [6, 6.07) is 20.2. The molecule has 0 aromatic heterocycles. The number of amides is 2. The maximum atomic E-state index is 13.1. The first kappa shape index (κ1) is 27.8. The van der Waals surface area contributed by atoms with E-state index in [9.17, 15) is 19.5 Å². The number of ether oxygens (including phenoxy) is 2. The van der Waals surface area contributed by atoms with Crippen LogP contribution in [0.2, 0.25) is 5.02 Å². The second kappa shape index (κ2) is 12.1. The van der Waals surface area contributed by atoms with E-state index >= 15 is 0 Å². The summed E-state index contributed by atoms with van der Waals surface area (Å²) in [5.41, 5.74) is 1.29. The van der Waals surface area contributed by atoms with E-state index in [0.717, 1.165) is 4.90 Å². The van der Waals surface area contributed by atoms with Crippen molar-refractivity contribution in [1.82, 2.24) is 0 Å². The second-order valence-corrected chi connectivity index (χ2v) is 10.3. The molecule has 39 heavy (non-hydrogen) atoms. The van der Waals surface area contributed by atoms with Gasteiger partial charge in [0.2, 0.25) is 5.91 Å². The molecule has 0 aliphatic heterocycles. The van der Waals surface area contributed by atoms with Crippen LogP contribution in [0.5, 0.6) is 11.5 Å². The van der Waals surface area contributed by atoms with E-state index in [1.807, 2.05) is 0 Å². The van der Waals surface area contributed by atoms with Gasteiger partial charge in [0.25, 0.3) is 5.91 Å². The number of carbonyl (C=O) groups is 3. The highest BCUT2D eigenvalue weighted by atomic mass is 35.5. The van der Waals surface area contributed by atoms with E-state index < -0.39 is 17.1 Å². The number of methoxy groups -OCH3 is 2. The molecule has 0 saturated heterocycles. The van der Waals surface area contributed by atoms with E-state index in [2.05, 4.69) is 10.6 Å². The quantitative estimate of drug-likeness (QED) is 0.197. The number of rotatable bonds is 9. The van der Waals surface area contributed by atoms with E-state index in [1.165, 1.54) is 32.0 Å². The molecule has 3 N–H and O–H groups in total. The van der Waals surface area contributed by atoms with E-state index in [-0.39, 0.29) is 17.0 Å². The third kappa shape index (κ3) is 6.27. The highest BCUT2D eigenvalue weighted by Gasteiger charge is 2.19. The van der Waals surface area contributed by atoms with Gasteiger partial charge in [0, 0.05) is 27.6 Å². The fraction of sp³-hybridized carbons (Fsp3) is 0.138. The van der Waals surface area contributed by atoms with Crippen molar-refractivity contribution in [2.75, 3.05) is 24.9 Å². The fourth-order valence-corrected chi connectivity index (χ4v) is 5.08. The van der Waals surface area contributed by atoms with Crippen molar-refractivity contribution in [1.29, 1.82) is 0 Å². The Bertz CT molecular complexity index is 1550. The molecule has 0 aliphatic rings. The van der Waals surface area contributed by atoms with E-state index in [1.54, 1.807) is 73.7 Å². The van der Waals surface area contributed by atoms with Crippen LogP contribution in [0, 0.1) is 0 Å². The van der Waals surface area contributed by atoms with Gasteiger partial charge in [0.1, 0.15) is 11.5 Å². The third-order valence-corrected chi connectivity index (χ3v) is 7.31. The van der Waals surface area contributed by atoms with Gasteiger partial charge >= 0.3 is 5.97 Å². The number of carboxylic acids is 1. The average Bonchev–Trinajstić information content (AvgIpc) is 2.93. The molecule has 200 valence electrons. The van der Waals surface area contributed by atoms with Gasteiger partial charge in [-0.25, -0.2) is 4.79 Å². The normalized spacial score (nSPS) is 11.5. The van der Waals surface area contributed by atoms with Crippen LogP contribution in [0.15, 0.2) is 77.7 Å². The summed E-state index contributed by atoms with van der Waals surface area (Å²) in [5.74, 6) is -0.918. The maximum Gasteiger partial charge on any atom is 0.336 e. The summed E-state index contributed by atoms with van der Waals surface area (Å²) >= 11 is 7.54. The number of carbonyl (C=O) groups excluding carboxylic acids is 2. The van der Waals surface area contributed by atoms with Crippen molar-refractivity contribution in [3.05, 3.63) is 88.9 Å². The molecule has 0 bridgehead atoms. The minimum Gasteiger partial charge on any atom is -0.495 e. The number of fused-ring (bicyclic) bond motifs is 1. The molecule has 0 heterocycles. The Balaban J connectivity index is 1.44. The number of aromatic carboxylic acids is 1. The van der Waals surface area contributed by atoms with Crippen LogP contribution in [-0.2, 0) is 4.79 Å². The summed E-state index contributed by atoms with van der Waals surface area (Å²) < 4.78 is 10.5. The lowest BCUT2D eigenvalue weighted by Crippen LogP contribution is -2.22. The number of nitrogens with one attached hydrogen (secondary N) is 2. The second-order valence-electron chi connectivity index (χ2n) is 8.43. The summed E-state index contributed by atoms with van der Waals surface area (Å²) in [5, 5.41) is 16.2. The van der Waals surface area contributed by atoms with Crippen molar-refractivity contribution in [3.63, 3.8) is 0 Å². The van der Waals surface area contributed by atoms with Crippen LogP contribution in [0.25, 0.3) is 10.8 Å². The van der Waals surface area contributed by atoms with Gasteiger partial charge in [0.15, 0.2) is 0 Å². The Kier molecular flexibility index (Phi) is 8.63. The molecule has 2 amide bonds. The highest BCUT2D eigenvalue weighted by molar-refractivity contribution is 8.00. The van der Waals surface area contributed by atoms with Crippen LogP contribution < -0.4 is 20.1 Å². The molecular weight excluding hydrogens is 540 g/mol. The van der Waals surface area contributed by atoms with Crippen molar-refractivity contribution in [2.24, 2.45) is 0 Å². The van der Waals surface area contributed by atoms with Crippen molar-refractivity contribution >= 4 is 63.3 Å². The number of halogens is 1. The lowest BCUT2D eigenvalue weighted by atomic mass is 9.98. The van der Waals surface area contributed by atoms with Gasteiger partial charge in [-0.1, -0.05) is 35.9 Å². The molecule has 10 heteroatoms. The largest absolute Gasteiger partial charge is 0.495 e. The van der Waals surface area contributed by atoms with Gasteiger partial charge in [0.05, 0.1) is 35.7 Å². The maximum absolute atomic E-state index is 13.1. The number of carboxylic acid groups (broad SMARTS) is 1. The average molecular weight is 565 g/mol. The zero-order valence-electron chi connectivity index (χ0n) is 21.3. The summed E-state index contributed by atoms with van der Waals surface area (Å²) in [6.45, 7) is 1.77. The smallest absolute Gasteiger partial charge is 0.336 e. The Morgan fingerprint density at radius 3 is 2.13 bits per heavy atom. The summed E-state index contributed by atoms with van der Waals surface area (Å²) in [6.07, 6.45) is 0. The van der Waals surface area contributed by atoms with Crippen molar-refractivity contribution in [3.8, 4) is 11.5 Å². The van der Waals surface area contributed by atoms with Crippen LogP contribution >= 0.6 is 23.4 Å². The van der Waals surface area contributed by atoms with Crippen LogP contribution in [0.4, 0.5) is 11.4 Å². The van der Waals surface area contributed by atoms with Crippen molar-refractivity contribution in [2.45, 2.75) is 17.1 Å². The monoisotopic (exact) mass is 564 g/mol. The molecule has 0 radical (unpaired) electrons. The lowest BCUT2D eigenvalue weighted by molar-refractivity contribution is -0.115. The number of hydrogen-bond acceptors (Lipinski definition) is 6. The Morgan fingerprint density at radius 2 is 1.51 bits per heavy atom. The van der Waals surface area contributed by atoms with Crippen LogP contribution in [0.3, 0.4) is 0 Å². The predicted octanol–water partition coefficient (Wildman–Crippen LogP) is 6.58. The van der Waals surface area contributed by atoms with Crippen LogP contribution in [-0.4, -0.2) is 42.4 Å². The molecule has 4 aromatic rings. The number of thioether (sulfide) groups is 1. The Labute approximate surface area is 234 Å². The molecule has 4 rings (SSSR count). The van der Waals surface area contributed by atoms with E-state index in [0.29, 0.717) is 38.7 Å². The standard InChI is InChI=1S/C29H25ClN2O6S/c1-16(27(33)32-23-14-22(30)24(37-2)15-25(23)38-3)39-19-12-10-18(11-13-19)31-28(34)20-8-4-6-17-7-5-9-21(26(17)20)29(35)36/h4-16H,1-3H3,(H,31,34)(H,32,33)(H,35,36). The predicted molar refractivity (Wildman–Crippen MR) is 154 cm³/mol. The first-order valence-electron chi connectivity index (χ1n) is 11.8. The Morgan fingerprint density at radius 1 is 0.872 bits per heavy atom. The molecule has 8 nitrogen and oxygen atoms in total. The molecule has 0 fully saturated rings. The minimum absolute atomic E-state index is 0.0618. The highest BCUT2D eigenvalue weighted by Crippen LogP contribution is 2.36. The summed E-state index contributed by atoms with van der Waals surface area (Å²) in [7, 11) is 2.98. The number of benzene rings is 4. The van der Waals surface area contributed by atoms with Gasteiger partial charge in [-0.3, -0.25) is 9.59 Å². The summed E-state index contributed by atoms with van der Waals surface area (Å²) in [4.78, 5) is 38.4. The van der Waals surface area contributed by atoms with Gasteiger partial charge in [-0.15, -0.1) is 11.8 Å².